The van der Waals surface area contributed by atoms with Crippen LogP contribution in [0, 0.1) is 24.7 Å². The topological polar surface area (TPSA) is 73.4 Å². The van der Waals surface area contributed by atoms with Crippen molar-refractivity contribution in [2.45, 2.75) is 13.8 Å². The Kier molecular flexibility index (Phi) is 5.59. The van der Waals surface area contributed by atoms with Crippen LogP contribution >= 0.6 is 15.9 Å². The molecule has 5 nitrogen and oxygen atoms in total. The first-order valence-electron chi connectivity index (χ1n) is 6.05. The van der Waals surface area contributed by atoms with E-state index in [1.165, 1.54) is 4.90 Å². The summed E-state index contributed by atoms with van der Waals surface area (Å²) in [6, 6.07) is 5.26. The summed E-state index contributed by atoms with van der Waals surface area (Å²) in [5.41, 5.74) is 7.12. The number of nitrogens with zero attached hydrogens (tertiary/aromatic N) is 2. The molecule has 0 spiro atoms. The Morgan fingerprint density at radius 2 is 2.20 bits per heavy atom. The largest absolute Gasteiger partial charge is 0.370 e. The molecule has 0 aliphatic carbocycles. The van der Waals surface area contributed by atoms with Crippen LogP contribution in [-0.2, 0) is 0 Å². The van der Waals surface area contributed by atoms with Gasteiger partial charge in [0.1, 0.15) is 0 Å². The summed E-state index contributed by atoms with van der Waals surface area (Å²) < 4.78 is 0.803. The van der Waals surface area contributed by atoms with Gasteiger partial charge in [-0.05, 0) is 41.4 Å². The minimum atomic E-state index is -0.409. The van der Waals surface area contributed by atoms with Crippen molar-refractivity contribution in [1.29, 1.82) is 5.41 Å². The van der Waals surface area contributed by atoms with E-state index < -0.39 is 6.03 Å². The second-order valence-electron chi connectivity index (χ2n) is 4.11. The molecule has 3 N–H and O–H groups in total. The minimum absolute atomic E-state index is 0.0336. The summed E-state index contributed by atoms with van der Waals surface area (Å²) in [6.45, 7) is 4.17. The van der Waals surface area contributed by atoms with E-state index in [0.29, 0.717) is 6.54 Å². The van der Waals surface area contributed by atoms with Gasteiger partial charge in [-0.25, -0.2) is 4.79 Å². The van der Waals surface area contributed by atoms with Crippen molar-refractivity contribution in [1.82, 2.24) is 4.90 Å². The molecule has 1 rings (SSSR count). The number of halogens is 1. The number of hydrogen-bond acceptors (Lipinski definition) is 2. The van der Waals surface area contributed by atoms with Crippen molar-refractivity contribution >= 4 is 33.6 Å². The first-order chi connectivity index (χ1) is 9.43. The third-order valence-corrected chi connectivity index (χ3v) is 3.42. The van der Waals surface area contributed by atoms with E-state index in [1.54, 1.807) is 0 Å². The number of hydrogen-bond donors (Lipinski definition) is 2. The van der Waals surface area contributed by atoms with Gasteiger partial charge in [0.05, 0.1) is 12.2 Å². The quantitative estimate of drug-likeness (QED) is 0.505. The molecule has 0 saturated carbocycles. The molecule has 0 fully saturated rings. The van der Waals surface area contributed by atoms with Crippen LogP contribution in [0.15, 0.2) is 22.7 Å². The standard InChI is InChI=1S/C14H17BrN4O/c1-4-9-19(13(16)17)14(20)18(5-2)12-10(3)7-6-8-11(12)15/h1,6-8H,5,9H2,2-3H3,(H3,16,17). The Balaban J connectivity index is 3.22. The maximum absolute atomic E-state index is 12.5. The van der Waals surface area contributed by atoms with Crippen molar-refractivity contribution in [3.8, 4) is 12.3 Å². The molecule has 2 amide bonds. The molecular weight excluding hydrogens is 320 g/mol. The summed E-state index contributed by atoms with van der Waals surface area (Å²) in [7, 11) is 0. The highest BCUT2D eigenvalue weighted by atomic mass is 79.9. The fourth-order valence-electron chi connectivity index (χ4n) is 1.85. The van der Waals surface area contributed by atoms with Gasteiger partial charge in [-0.1, -0.05) is 18.1 Å². The first-order valence-corrected chi connectivity index (χ1v) is 6.85. The average molecular weight is 337 g/mol. The lowest BCUT2D eigenvalue weighted by Crippen LogP contribution is -2.49. The van der Waals surface area contributed by atoms with Gasteiger partial charge >= 0.3 is 6.03 Å². The molecule has 1 aromatic rings. The third kappa shape index (κ3) is 3.31. The van der Waals surface area contributed by atoms with E-state index in [9.17, 15) is 4.79 Å². The highest BCUT2D eigenvalue weighted by Gasteiger charge is 2.25. The molecule has 20 heavy (non-hydrogen) atoms. The zero-order chi connectivity index (χ0) is 15.3. The van der Waals surface area contributed by atoms with Gasteiger partial charge in [-0.3, -0.25) is 15.2 Å². The first kappa shape index (κ1) is 16.1. The predicted molar refractivity (Wildman–Crippen MR) is 84.7 cm³/mol. The SMILES string of the molecule is C#CCN(C(=N)N)C(=O)N(CC)c1c(C)cccc1Br. The number of para-hydroxylation sites is 1. The summed E-state index contributed by atoms with van der Waals surface area (Å²) in [5.74, 6) is 1.97. The number of amides is 2. The van der Waals surface area contributed by atoms with Crippen LogP contribution in [-0.4, -0.2) is 30.0 Å². The Labute approximate surface area is 127 Å². The van der Waals surface area contributed by atoms with Crippen molar-refractivity contribution in [2.75, 3.05) is 18.0 Å². The van der Waals surface area contributed by atoms with Crippen LogP contribution in [0.1, 0.15) is 12.5 Å². The second-order valence-corrected chi connectivity index (χ2v) is 4.96. The Morgan fingerprint density at radius 1 is 1.55 bits per heavy atom. The molecule has 0 aliphatic rings. The lowest BCUT2D eigenvalue weighted by Gasteiger charge is -2.29. The molecule has 0 saturated heterocycles. The zero-order valence-electron chi connectivity index (χ0n) is 11.5. The van der Waals surface area contributed by atoms with Crippen LogP contribution in [0.3, 0.4) is 0 Å². The molecule has 1 aromatic carbocycles. The van der Waals surface area contributed by atoms with E-state index in [4.69, 9.17) is 17.6 Å². The molecule has 6 heteroatoms. The normalized spacial score (nSPS) is 9.70. The van der Waals surface area contributed by atoms with Gasteiger partial charge in [0, 0.05) is 11.0 Å². The van der Waals surface area contributed by atoms with Crippen molar-refractivity contribution in [3.63, 3.8) is 0 Å². The molecule has 106 valence electrons. The van der Waals surface area contributed by atoms with Crippen LogP contribution in [0.5, 0.6) is 0 Å². The fraction of sp³-hybridized carbons (Fsp3) is 0.286. The maximum Gasteiger partial charge on any atom is 0.332 e. The van der Waals surface area contributed by atoms with Crippen molar-refractivity contribution < 1.29 is 4.79 Å². The number of nitrogens with two attached hydrogens (primary N) is 1. The number of terminal acetylenes is 1. The Morgan fingerprint density at radius 3 is 2.65 bits per heavy atom. The lowest BCUT2D eigenvalue weighted by atomic mass is 10.2. The number of urea groups is 1. The molecule has 0 bridgehead atoms. The number of anilines is 1. The number of rotatable bonds is 3. The monoisotopic (exact) mass is 336 g/mol. The van der Waals surface area contributed by atoms with Crippen molar-refractivity contribution in [2.24, 2.45) is 5.73 Å². The van der Waals surface area contributed by atoms with Gasteiger partial charge in [-0.15, -0.1) is 6.42 Å². The van der Waals surface area contributed by atoms with Gasteiger partial charge in [0.15, 0.2) is 5.96 Å². The molecule has 0 unspecified atom stereocenters. The summed E-state index contributed by atoms with van der Waals surface area (Å²) in [4.78, 5) is 15.1. The number of guanidine groups is 1. The lowest BCUT2D eigenvalue weighted by molar-refractivity contribution is 0.230. The number of carbonyl (C=O) groups excluding carboxylic acids is 1. The van der Waals surface area contributed by atoms with Crippen molar-refractivity contribution in [3.05, 3.63) is 28.2 Å². The molecule has 0 aliphatic heterocycles. The van der Waals surface area contributed by atoms with Crippen LogP contribution in [0.2, 0.25) is 0 Å². The van der Waals surface area contributed by atoms with E-state index >= 15 is 0 Å². The van der Waals surface area contributed by atoms with E-state index in [1.807, 2.05) is 32.0 Å². The van der Waals surface area contributed by atoms with Crippen LogP contribution < -0.4 is 10.6 Å². The van der Waals surface area contributed by atoms with E-state index in [-0.39, 0.29) is 12.5 Å². The minimum Gasteiger partial charge on any atom is -0.370 e. The van der Waals surface area contributed by atoms with Gasteiger partial charge in [0.25, 0.3) is 0 Å². The smallest absolute Gasteiger partial charge is 0.332 e. The van der Waals surface area contributed by atoms with Gasteiger partial charge < -0.3 is 5.73 Å². The van der Waals surface area contributed by atoms with E-state index in [2.05, 4.69) is 21.9 Å². The summed E-state index contributed by atoms with van der Waals surface area (Å²) in [5, 5.41) is 7.47. The highest BCUT2D eigenvalue weighted by molar-refractivity contribution is 9.10. The molecule has 0 radical (unpaired) electrons. The van der Waals surface area contributed by atoms with Gasteiger partial charge in [-0.2, -0.15) is 0 Å². The average Bonchev–Trinajstić information content (AvgIpc) is 2.39. The number of benzene rings is 1. The van der Waals surface area contributed by atoms with Crippen LogP contribution in [0.25, 0.3) is 0 Å². The molecular formula is C14H17BrN4O. The van der Waals surface area contributed by atoms with E-state index in [0.717, 1.165) is 20.6 Å². The highest BCUT2D eigenvalue weighted by Crippen LogP contribution is 2.30. The van der Waals surface area contributed by atoms with Gasteiger partial charge in [0.2, 0.25) is 0 Å². The molecule has 0 atom stereocenters. The zero-order valence-corrected chi connectivity index (χ0v) is 13.1. The Bertz CT molecular complexity index is 545. The number of aryl methyl sites for hydroxylation is 1. The maximum atomic E-state index is 12.5. The summed E-state index contributed by atoms with van der Waals surface area (Å²) in [6.07, 6.45) is 5.22. The van der Waals surface area contributed by atoms with Crippen LogP contribution in [0.4, 0.5) is 10.5 Å². The predicted octanol–water partition coefficient (Wildman–Crippen LogP) is 2.53. The Hall–Kier alpha value is -2.00. The fourth-order valence-corrected chi connectivity index (χ4v) is 2.53. The molecule has 0 aromatic heterocycles. The number of carbonyl (C=O) groups is 1. The number of nitrogens with one attached hydrogen (secondary N) is 1. The molecule has 0 heterocycles. The summed E-state index contributed by atoms with van der Waals surface area (Å²) >= 11 is 3.44. The second kappa shape index (κ2) is 6.96. The third-order valence-electron chi connectivity index (χ3n) is 2.78.